The van der Waals surface area contributed by atoms with Gasteiger partial charge in [0.15, 0.2) is 0 Å². The summed E-state index contributed by atoms with van der Waals surface area (Å²) in [5, 5.41) is 5.34. The molecule has 5 nitrogen and oxygen atoms in total. The zero-order valence-electron chi connectivity index (χ0n) is 9.95. The van der Waals surface area contributed by atoms with Gasteiger partial charge in [-0.25, -0.2) is 0 Å². The summed E-state index contributed by atoms with van der Waals surface area (Å²) in [7, 11) is 0. The lowest BCUT2D eigenvalue weighted by atomic mass is 10.0. The number of hydrogen-bond donors (Lipinski definition) is 3. The molecule has 0 aromatic rings. The first-order valence-electron chi connectivity index (χ1n) is 5.81. The van der Waals surface area contributed by atoms with Gasteiger partial charge in [0.05, 0.1) is 12.6 Å². The summed E-state index contributed by atoms with van der Waals surface area (Å²) in [6, 6.07) is -0.192. The van der Waals surface area contributed by atoms with Gasteiger partial charge < -0.3 is 16.4 Å². The average molecular weight is 227 g/mol. The molecule has 1 atom stereocenters. The summed E-state index contributed by atoms with van der Waals surface area (Å²) in [4.78, 5) is 22.7. The highest BCUT2D eigenvalue weighted by Crippen LogP contribution is 2.18. The Morgan fingerprint density at radius 3 is 2.50 bits per heavy atom. The minimum atomic E-state index is -0.520. The molecule has 1 aliphatic rings. The van der Waals surface area contributed by atoms with Crippen molar-refractivity contribution in [3.63, 3.8) is 0 Å². The number of amides is 2. The highest BCUT2D eigenvalue weighted by Gasteiger charge is 2.23. The van der Waals surface area contributed by atoms with Gasteiger partial charge in [-0.3, -0.25) is 9.59 Å². The summed E-state index contributed by atoms with van der Waals surface area (Å²) in [5.74, 6) is -0.00622. The van der Waals surface area contributed by atoms with E-state index in [-0.39, 0.29) is 18.4 Å². The van der Waals surface area contributed by atoms with E-state index in [2.05, 4.69) is 10.6 Å². The van der Waals surface area contributed by atoms with Crippen molar-refractivity contribution in [2.24, 2.45) is 11.7 Å². The zero-order valence-corrected chi connectivity index (χ0v) is 9.95. The quantitative estimate of drug-likeness (QED) is 0.585. The van der Waals surface area contributed by atoms with Crippen LogP contribution in [0.1, 0.15) is 33.1 Å². The number of carbonyl (C=O) groups is 2. The van der Waals surface area contributed by atoms with E-state index in [9.17, 15) is 9.59 Å². The Bertz CT molecular complexity index is 262. The Morgan fingerprint density at radius 2 is 2.00 bits per heavy atom. The van der Waals surface area contributed by atoms with Crippen LogP contribution in [0.25, 0.3) is 0 Å². The van der Waals surface area contributed by atoms with Crippen LogP contribution in [0.5, 0.6) is 0 Å². The standard InChI is InChI=1S/C11H21N3O2/c1-7(2)5-9(12)11(16)13-6-10(15)14-8-3-4-8/h7-9H,3-6,12H2,1-2H3,(H,13,16)(H,14,15)/t9-/m0/s1. The molecule has 0 unspecified atom stereocenters. The third-order valence-corrected chi connectivity index (χ3v) is 2.43. The zero-order chi connectivity index (χ0) is 12.1. The molecule has 16 heavy (non-hydrogen) atoms. The molecular formula is C11H21N3O2. The van der Waals surface area contributed by atoms with Crippen LogP contribution in [0, 0.1) is 5.92 Å². The molecule has 5 heteroatoms. The van der Waals surface area contributed by atoms with Crippen LogP contribution in [0.4, 0.5) is 0 Å². The Balaban J connectivity index is 2.14. The summed E-state index contributed by atoms with van der Waals surface area (Å²) < 4.78 is 0. The molecular weight excluding hydrogens is 206 g/mol. The molecule has 0 aromatic carbocycles. The Morgan fingerprint density at radius 1 is 1.38 bits per heavy atom. The second-order valence-corrected chi connectivity index (χ2v) is 4.80. The van der Waals surface area contributed by atoms with Crippen LogP contribution in [0.2, 0.25) is 0 Å². The fourth-order valence-corrected chi connectivity index (χ4v) is 1.42. The first-order valence-corrected chi connectivity index (χ1v) is 5.81. The fraction of sp³-hybridized carbons (Fsp3) is 0.818. The van der Waals surface area contributed by atoms with E-state index in [1.54, 1.807) is 0 Å². The summed E-state index contributed by atoms with van der Waals surface area (Å²) in [6.07, 6.45) is 2.73. The molecule has 0 aliphatic heterocycles. The molecule has 0 aromatic heterocycles. The summed E-state index contributed by atoms with van der Waals surface area (Å²) >= 11 is 0. The fourth-order valence-electron chi connectivity index (χ4n) is 1.42. The topological polar surface area (TPSA) is 84.2 Å². The summed E-state index contributed by atoms with van der Waals surface area (Å²) in [5.41, 5.74) is 5.67. The number of carbonyl (C=O) groups excluding carboxylic acids is 2. The van der Waals surface area contributed by atoms with E-state index in [1.165, 1.54) is 0 Å². The number of nitrogens with two attached hydrogens (primary N) is 1. The van der Waals surface area contributed by atoms with E-state index >= 15 is 0 Å². The normalized spacial score (nSPS) is 17.0. The molecule has 0 radical (unpaired) electrons. The van der Waals surface area contributed by atoms with Crippen molar-refractivity contribution in [2.45, 2.75) is 45.2 Å². The minimum absolute atomic E-state index is 0.0289. The van der Waals surface area contributed by atoms with Gasteiger partial charge in [0.2, 0.25) is 11.8 Å². The van der Waals surface area contributed by atoms with Gasteiger partial charge in [0, 0.05) is 6.04 Å². The minimum Gasteiger partial charge on any atom is -0.352 e. The van der Waals surface area contributed by atoms with E-state index in [0.29, 0.717) is 18.4 Å². The largest absolute Gasteiger partial charge is 0.352 e. The van der Waals surface area contributed by atoms with Crippen LogP contribution in [-0.4, -0.2) is 30.4 Å². The maximum absolute atomic E-state index is 11.5. The Labute approximate surface area is 96.1 Å². The van der Waals surface area contributed by atoms with Crippen molar-refractivity contribution in [3.05, 3.63) is 0 Å². The molecule has 1 saturated carbocycles. The van der Waals surface area contributed by atoms with Crippen LogP contribution in [0.15, 0.2) is 0 Å². The predicted octanol–water partition coefficient (Wildman–Crippen LogP) is -0.245. The van der Waals surface area contributed by atoms with Crippen molar-refractivity contribution in [3.8, 4) is 0 Å². The lowest BCUT2D eigenvalue weighted by Gasteiger charge is -2.13. The summed E-state index contributed by atoms with van der Waals surface area (Å²) in [6.45, 7) is 4.04. The van der Waals surface area contributed by atoms with Gasteiger partial charge >= 0.3 is 0 Å². The molecule has 2 amide bonds. The number of nitrogens with one attached hydrogen (secondary N) is 2. The molecule has 0 bridgehead atoms. The Kier molecular flexibility index (Phi) is 4.73. The predicted molar refractivity (Wildman–Crippen MR) is 61.6 cm³/mol. The maximum Gasteiger partial charge on any atom is 0.239 e. The van der Waals surface area contributed by atoms with Crippen molar-refractivity contribution in [1.29, 1.82) is 0 Å². The van der Waals surface area contributed by atoms with Crippen molar-refractivity contribution in [2.75, 3.05) is 6.54 Å². The first-order chi connectivity index (χ1) is 7.49. The van der Waals surface area contributed by atoms with E-state index in [1.807, 2.05) is 13.8 Å². The van der Waals surface area contributed by atoms with E-state index < -0.39 is 6.04 Å². The highest BCUT2D eigenvalue weighted by atomic mass is 16.2. The number of rotatable bonds is 6. The van der Waals surface area contributed by atoms with Gasteiger partial charge in [-0.15, -0.1) is 0 Å². The average Bonchev–Trinajstić information content (AvgIpc) is 2.96. The van der Waals surface area contributed by atoms with Crippen molar-refractivity contribution in [1.82, 2.24) is 10.6 Å². The maximum atomic E-state index is 11.5. The van der Waals surface area contributed by atoms with Crippen molar-refractivity contribution < 1.29 is 9.59 Å². The van der Waals surface area contributed by atoms with E-state index in [4.69, 9.17) is 5.73 Å². The van der Waals surface area contributed by atoms with Gasteiger partial charge in [-0.1, -0.05) is 13.8 Å². The van der Waals surface area contributed by atoms with Crippen LogP contribution in [0.3, 0.4) is 0 Å². The smallest absolute Gasteiger partial charge is 0.239 e. The van der Waals surface area contributed by atoms with Gasteiger partial charge in [0.25, 0.3) is 0 Å². The lowest BCUT2D eigenvalue weighted by Crippen LogP contribution is -2.45. The first kappa shape index (κ1) is 13.0. The number of hydrogen-bond acceptors (Lipinski definition) is 3. The highest BCUT2D eigenvalue weighted by molar-refractivity contribution is 5.87. The SMILES string of the molecule is CC(C)C[C@H](N)C(=O)NCC(=O)NC1CC1. The van der Waals surface area contributed by atoms with Crippen LogP contribution < -0.4 is 16.4 Å². The van der Waals surface area contributed by atoms with Gasteiger partial charge in [-0.05, 0) is 25.2 Å². The lowest BCUT2D eigenvalue weighted by molar-refractivity contribution is -0.127. The molecule has 92 valence electrons. The second kappa shape index (κ2) is 5.84. The van der Waals surface area contributed by atoms with E-state index in [0.717, 1.165) is 12.8 Å². The molecule has 1 rings (SSSR count). The molecule has 1 fully saturated rings. The third-order valence-electron chi connectivity index (χ3n) is 2.43. The third kappa shape index (κ3) is 5.11. The molecule has 4 N–H and O–H groups in total. The second-order valence-electron chi connectivity index (χ2n) is 4.80. The van der Waals surface area contributed by atoms with Crippen molar-refractivity contribution >= 4 is 11.8 Å². The monoisotopic (exact) mass is 227 g/mol. The van der Waals surface area contributed by atoms with Gasteiger partial charge in [-0.2, -0.15) is 0 Å². The van der Waals surface area contributed by atoms with Gasteiger partial charge in [0.1, 0.15) is 0 Å². The van der Waals surface area contributed by atoms with Crippen LogP contribution >= 0.6 is 0 Å². The van der Waals surface area contributed by atoms with Crippen LogP contribution in [-0.2, 0) is 9.59 Å². The molecule has 1 aliphatic carbocycles. The molecule has 0 saturated heterocycles. The molecule has 0 spiro atoms. The Hall–Kier alpha value is -1.10. The molecule has 0 heterocycles.